The van der Waals surface area contributed by atoms with Gasteiger partial charge in [0.05, 0.1) is 0 Å². The molecule has 5 heteroatoms. The van der Waals surface area contributed by atoms with Crippen LogP contribution in [0.15, 0.2) is 94.1 Å². The monoisotopic (exact) mass is 387 g/mol. The molecular weight excluding hydrogens is 369 g/mol. The topological polar surface area (TPSA) is 50.5 Å². The number of hydrogen-bond donors (Lipinski definition) is 0. The van der Waals surface area contributed by atoms with Gasteiger partial charge in [-0.1, -0.05) is 60.7 Å². The molecular formula is C24H18FNO3. The van der Waals surface area contributed by atoms with Gasteiger partial charge in [-0.3, -0.25) is 4.79 Å². The smallest absolute Gasteiger partial charge is 0.349 e. The summed E-state index contributed by atoms with van der Waals surface area (Å²) in [7, 11) is 0. The average molecular weight is 387 g/mol. The highest BCUT2D eigenvalue weighted by molar-refractivity contribution is 5.96. The Morgan fingerprint density at radius 3 is 2.17 bits per heavy atom. The Hall–Kier alpha value is -3.73. The number of carbonyl (C=O) groups excluding carboxylic acids is 1. The molecule has 3 aromatic carbocycles. The maximum atomic E-state index is 13.3. The highest BCUT2D eigenvalue weighted by Crippen LogP contribution is 2.17. The number of rotatable bonds is 5. The van der Waals surface area contributed by atoms with E-state index in [-0.39, 0.29) is 17.9 Å². The minimum absolute atomic E-state index is 0.0262. The highest BCUT2D eigenvalue weighted by atomic mass is 19.1. The van der Waals surface area contributed by atoms with E-state index in [1.807, 2.05) is 36.4 Å². The van der Waals surface area contributed by atoms with Gasteiger partial charge >= 0.3 is 5.63 Å². The molecule has 4 nitrogen and oxygen atoms in total. The molecule has 1 aromatic heterocycles. The lowest BCUT2D eigenvalue weighted by atomic mass is 10.1. The first kappa shape index (κ1) is 18.6. The zero-order valence-electron chi connectivity index (χ0n) is 15.5. The first-order valence-electron chi connectivity index (χ1n) is 9.21. The van der Waals surface area contributed by atoms with Crippen LogP contribution in [0.1, 0.15) is 21.5 Å². The minimum atomic E-state index is -0.675. The van der Waals surface area contributed by atoms with Crippen molar-refractivity contribution in [1.82, 2.24) is 4.90 Å². The number of hydrogen-bond acceptors (Lipinski definition) is 3. The lowest BCUT2D eigenvalue weighted by Gasteiger charge is -2.23. The Kier molecular flexibility index (Phi) is 5.20. The van der Waals surface area contributed by atoms with E-state index in [0.29, 0.717) is 17.5 Å². The summed E-state index contributed by atoms with van der Waals surface area (Å²) in [6, 6.07) is 24.1. The van der Waals surface area contributed by atoms with E-state index >= 15 is 0 Å². The number of para-hydroxylation sites is 1. The van der Waals surface area contributed by atoms with Gasteiger partial charge in [0.25, 0.3) is 5.91 Å². The largest absolute Gasteiger partial charge is 0.422 e. The molecule has 0 bridgehead atoms. The van der Waals surface area contributed by atoms with Gasteiger partial charge in [-0.2, -0.15) is 0 Å². The first-order chi connectivity index (χ1) is 14.1. The van der Waals surface area contributed by atoms with Gasteiger partial charge in [-0.15, -0.1) is 0 Å². The summed E-state index contributed by atoms with van der Waals surface area (Å²) in [6.45, 7) is 0.545. The molecule has 29 heavy (non-hydrogen) atoms. The number of nitrogens with zero attached hydrogens (tertiary/aromatic N) is 1. The normalized spacial score (nSPS) is 10.8. The molecule has 4 aromatic rings. The van der Waals surface area contributed by atoms with Gasteiger partial charge in [0.15, 0.2) is 0 Å². The molecule has 0 unspecified atom stereocenters. The summed E-state index contributed by atoms with van der Waals surface area (Å²) in [6.07, 6.45) is 0. The standard InChI is InChI=1S/C24H18FNO3/c25-20-12-10-18(11-13-20)16-26(15-17-6-2-1-3-7-17)23(27)21-14-19-8-4-5-9-22(19)29-24(21)28/h1-14H,15-16H2. The molecule has 0 radical (unpaired) electrons. The van der Waals surface area contributed by atoms with E-state index in [9.17, 15) is 14.0 Å². The first-order valence-corrected chi connectivity index (χ1v) is 9.21. The van der Waals surface area contributed by atoms with Gasteiger partial charge < -0.3 is 9.32 Å². The van der Waals surface area contributed by atoms with Crippen LogP contribution >= 0.6 is 0 Å². The lowest BCUT2D eigenvalue weighted by molar-refractivity contribution is 0.0726. The van der Waals surface area contributed by atoms with Crippen molar-refractivity contribution in [2.45, 2.75) is 13.1 Å². The van der Waals surface area contributed by atoms with Gasteiger partial charge in [0.2, 0.25) is 0 Å². The maximum Gasteiger partial charge on any atom is 0.349 e. The number of halogens is 1. The SMILES string of the molecule is O=C(c1cc2ccccc2oc1=O)N(Cc1ccccc1)Cc1ccc(F)cc1. The molecule has 144 valence electrons. The van der Waals surface area contributed by atoms with Gasteiger partial charge in [0, 0.05) is 18.5 Å². The van der Waals surface area contributed by atoms with Crippen LogP contribution in [0.5, 0.6) is 0 Å². The van der Waals surface area contributed by atoms with E-state index < -0.39 is 11.5 Å². The van der Waals surface area contributed by atoms with E-state index in [0.717, 1.165) is 11.1 Å². The fraction of sp³-hybridized carbons (Fsp3) is 0.0833. The van der Waals surface area contributed by atoms with Crippen LogP contribution in [0.4, 0.5) is 4.39 Å². The van der Waals surface area contributed by atoms with Crippen LogP contribution in [0.2, 0.25) is 0 Å². The van der Waals surface area contributed by atoms with Crippen LogP contribution in [0.25, 0.3) is 11.0 Å². The molecule has 0 fully saturated rings. The molecule has 0 N–H and O–H groups in total. The van der Waals surface area contributed by atoms with E-state index in [1.165, 1.54) is 12.1 Å². The second-order valence-corrected chi connectivity index (χ2v) is 6.76. The van der Waals surface area contributed by atoms with E-state index in [1.54, 1.807) is 41.3 Å². The van der Waals surface area contributed by atoms with Crippen molar-refractivity contribution < 1.29 is 13.6 Å². The third kappa shape index (κ3) is 4.24. The minimum Gasteiger partial charge on any atom is -0.422 e. The van der Waals surface area contributed by atoms with Crippen molar-refractivity contribution in [2.24, 2.45) is 0 Å². The third-order valence-corrected chi connectivity index (χ3v) is 4.66. The fourth-order valence-electron chi connectivity index (χ4n) is 3.19. The summed E-state index contributed by atoms with van der Waals surface area (Å²) < 4.78 is 18.6. The number of benzene rings is 3. The molecule has 0 saturated carbocycles. The van der Waals surface area contributed by atoms with Crippen LogP contribution in [-0.2, 0) is 13.1 Å². The van der Waals surface area contributed by atoms with E-state index in [4.69, 9.17) is 4.42 Å². The molecule has 0 aliphatic rings. The Balaban J connectivity index is 1.71. The Morgan fingerprint density at radius 2 is 1.45 bits per heavy atom. The van der Waals surface area contributed by atoms with Crippen molar-refractivity contribution in [3.63, 3.8) is 0 Å². The van der Waals surface area contributed by atoms with Crippen LogP contribution in [-0.4, -0.2) is 10.8 Å². The van der Waals surface area contributed by atoms with Crippen molar-refractivity contribution >= 4 is 16.9 Å². The van der Waals surface area contributed by atoms with Gasteiger partial charge in [-0.25, -0.2) is 9.18 Å². The quantitative estimate of drug-likeness (QED) is 0.463. The molecule has 1 heterocycles. The molecule has 0 aliphatic heterocycles. The Labute approximate surface area is 166 Å². The average Bonchev–Trinajstić information content (AvgIpc) is 2.74. The van der Waals surface area contributed by atoms with Gasteiger partial charge in [0.1, 0.15) is 17.0 Å². The summed E-state index contributed by atoms with van der Waals surface area (Å²) in [5, 5.41) is 0.678. The maximum absolute atomic E-state index is 13.3. The number of fused-ring (bicyclic) bond motifs is 1. The highest BCUT2D eigenvalue weighted by Gasteiger charge is 2.21. The Bertz CT molecular complexity index is 1200. The van der Waals surface area contributed by atoms with Crippen LogP contribution in [0, 0.1) is 5.82 Å². The third-order valence-electron chi connectivity index (χ3n) is 4.66. The molecule has 0 spiro atoms. The second-order valence-electron chi connectivity index (χ2n) is 6.76. The summed E-state index contributed by atoms with van der Waals surface area (Å²) in [5.74, 6) is -0.775. The molecule has 0 aliphatic carbocycles. The summed E-state index contributed by atoms with van der Waals surface area (Å²) >= 11 is 0. The number of amides is 1. The molecule has 0 atom stereocenters. The zero-order valence-corrected chi connectivity index (χ0v) is 15.5. The predicted molar refractivity (Wildman–Crippen MR) is 109 cm³/mol. The summed E-state index contributed by atoms with van der Waals surface area (Å²) in [5.41, 5.74) is 1.42. The molecule has 1 amide bonds. The summed E-state index contributed by atoms with van der Waals surface area (Å²) in [4.78, 5) is 27.3. The van der Waals surface area contributed by atoms with Crippen LogP contribution in [0.3, 0.4) is 0 Å². The molecule has 0 saturated heterocycles. The van der Waals surface area contributed by atoms with Gasteiger partial charge in [-0.05, 0) is 35.4 Å². The Morgan fingerprint density at radius 1 is 0.828 bits per heavy atom. The number of carbonyl (C=O) groups is 1. The predicted octanol–water partition coefficient (Wildman–Crippen LogP) is 4.77. The lowest BCUT2D eigenvalue weighted by Crippen LogP contribution is -2.33. The fourth-order valence-corrected chi connectivity index (χ4v) is 3.19. The van der Waals surface area contributed by atoms with Crippen molar-refractivity contribution in [1.29, 1.82) is 0 Å². The van der Waals surface area contributed by atoms with Crippen molar-refractivity contribution in [3.8, 4) is 0 Å². The van der Waals surface area contributed by atoms with Crippen LogP contribution < -0.4 is 5.63 Å². The zero-order chi connectivity index (χ0) is 20.2. The molecule has 4 rings (SSSR count). The van der Waals surface area contributed by atoms with Crippen molar-refractivity contribution in [2.75, 3.05) is 0 Å². The van der Waals surface area contributed by atoms with Crippen molar-refractivity contribution in [3.05, 3.63) is 118 Å². The van der Waals surface area contributed by atoms with E-state index in [2.05, 4.69) is 0 Å². The second kappa shape index (κ2) is 8.10.